The van der Waals surface area contributed by atoms with E-state index in [0.717, 1.165) is 26.1 Å². The van der Waals surface area contributed by atoms with Gasteiger partial charge in [-0.1, -0.05) is 0 Å². The molecule has 3 N–H and O–H groups in total. The SMILES string of the molecule is NCCCCN1CCCC(CO)C1. The molecule has 1 fully saturated rings. The summed E-state index contributed by atoms with van der Waals surface area (Å²) in [5.74, 6) is 0.520. The third-order valence-electron chi connectivity index (χ3n) is 2.79. The zero-order valence-corrected chi connectivity index (χ0v) is 8.41. The van der Waals surface area contributed by atoms with Gasteiger partial charge in [-0.15, -0.1) is 0 Å². The first-order chi connectivity index (χ1) is 6.36. The van der Waals surface area contributed by atoms with Crippen molar-refractivity contribution in [3.63, 3.8) is 0 Å². The van der Waals surface area contributed by atoms with E-state index in [-0.39, 0.29) is 0 Å². The maximum Gasteiger partial charge on any atom is 0.0471 e. The van der Waals surface area contributed by atoms with Crippen molar-refractivity contribution in [2.75, 3.05) is 32.8 Å². The molecule has 0 aromatic carbocycles. The topological polar surface area (TPSA) is 49.5 Å². The van der Waals surface area contributed by atoms with Crippen molar-refractivity contribution in [2.24, 2.45) is 11.7 Å². The van der Waals surface area contributed by atoms with E-state index in [0.29, 0.717) is 12.5 Å². The molecule has 1 aliphatic heterocycles. The van der Waals surface area contributed by atoms with Crippen LogP contribution >= 0.6 is 0 Å². The van der Waals surface area contributed by atoms with E-state index in [1.54, 1.807) is 0 Å². The van der Waals surface area contributed by atoms with Crippen LogP contribution in [0.4, 0.5) is 0 Å². The lowest BCUT2D eigenvalue weighted by Crippen LogP contribution is -2.37. The smallest absolute Gasteiger partial charge is 0.0471 e. The Morgan fingerprint density at radius 1 is 1.38 bits per heavy atom. The fourth-order valence-corrected chi connectivity index (χ4v) is 1.98. The normalized spacial score (nSPS) is 24.9. The van der Waals surface area contributed by atoms with E-state index >= 15 is 0 Å². The third kappa shape index (κ3) is 4.07. The highest BCUT2D eigenvalue weighted by Gasteiger charge is 2.18. The van der Waals surface area contributed by atoms with Crippen molar-refractivity contribution < 1.29 is 5.11 Å². The van der Waals surface area contributed by atoms with Gasteiger partial charge in [0.05, 0.1) is 0 Å². The van der Waals surface area contributed by atoms with Crippen LogP contribution in [0.2, 0.25) is 0 Å². The zero-order valence-electron chi connectivity index (χ0n) is 8.41. The molecule has 0 aromatic heterocycles. The first-order valence-electron chi connectivity index (χ1n) is 5.40. The van der Waals surface area contributed by atoms with Gasteiger partial charge in [-0.3, -0.25) is 0 Å². The first kappa shape index (κ1) is 11.0. The molecule has 0 saturated carbocycles. The predicted octanol–water partition coefficient (Wildman–Crippen LogP) is 0.430. The maximum absolute atomic E-state index is 9.03. The van der Waals surface area contributed by atoms with E-state index < -0.39 is 0 Å². The molecular weight excluding hydrogens is 164 g/mol. The van der Waals surface area contributed by atoms with Crippen LogP contribution in [0.3, 0.4) is 0 Å². The number of hydrogen-bond donors (Lipinski definition) is 2. The minimum Gasteiger partial charge on any atom is -0.396 e. The van der Waals surface area contributed by atoms with Gasteiger partial charge in [0.2, 0.25) is 0 Å². The Morgan fingerprint density at radius 2 is 2.23 bits per heavy atom. The summed E-state index contributed by atoms with van der Waals surface area (Å²) in [7, 11) is 0. The summed E-state index contributed by atoms with van der Waals surface area (Å²) in [6.45, 7) is 4.61. The molecule has 13 heavy (non-hydrogen) atoms. The highest BCUT2D eigenvalue weighted by molar-refractivity contribution is 4.72. The van der Waals surface area contributed by atoms with E-state index in [1.807, 2.05) is 0 Å². The Kier molecular flexibility index (Phi) is 5.35. The highest BCUT2D eigenvalue weighted by atomic mass is 16.3. The van der Waals surface area contributed by atoms with Gasteiger partial charge in [0.1, 0.15) is 0 Å². The molecule has 0 aromatic rings. The molecule has 78 valence electrons. The lowest BCUT2D eigenvalue weighted by molar-refractivity contribution is 0.119. The van der Waals surface area contributed by atoms with Gasteiger partial charge in [-0.2, -0.15) is 0 Å². The van der Waals surface area contributed by atoms with Gasteiger partial charge < -0.3 is 15.7 Å². The Balaban J connectivity index is 2.11. The van der Waals surface area contributed by atoms with Crippen LogP contribution in [0.1, 0.15) is 25.7 Å². The number of likely N-dealkylation sites (tertiary alicyclic amines) is 1. The number of aliphatic hydroxyl groups excluding tert-OH is 1. The van der Waals surface area contributed by atoms with Crippen LogP contribution in [0.25, 0.3) is 0 Å². The van der Waals surface area contributed by atoms with Crippen molar-refractivity contribution in [2.45, 2.75) is 25.7 Å². The third-order valence-corrected chi connectivity index (χ3v) is 2.79. The molecule has 0 aliphatic carbocycles. The van der Waals surface area contributed by atoms with Gasteiger partial charge in [0.25, 0.3) is 0 Å². The predicted molar refractivity (Wildman–Crippen MR) is 54.5 cm³/mol. The quantitative estimate of drug-likeness (QED) is 0.612. The second-order valence-corrected chi connectivity index (χ2v) is 3.99. The largest absolute Gasteiger partial charge is 0.396 e. The standard InChI is InChI=1S/C10H22N2O/c11-5-1-2-6-12-7-3-4-10(8-12)9-13/h10,13H,1-9,11H2. The van der Waals surface area contributed by atoms with Crippen molar-refractivity contribution in [3.8, 4) is 0 Å². The van der Waals surface area contributed by atoms with Crippen molar-refractivity contribution >= 4 is 0 Å². The lowest BCUT2D eigenvalue weighted by atomic mass is 9.99. The number of hydrogen-bond acceptors (Lipinski definition) is 3. The van der Waals surface area contributed by atoms with Gasteiger partial charge >= 0.3 is 0 Å². The summed E-state index contributed by atoms with van der Waals surface area (Å²) in [4.78, 5) is 2.46. The van der Waals surface area contributed by atoms with E-state index in [2.05, 4.69) is 4.90 Å². The van der Waals surface area contributed by atoms with Gasteiger partial charge in [0.15, 0.2) is 0 Å². The summed E-state index contributed by atoms with van der Waals surface area (Å²) in [5.41, 5.74) is 5.44. The molecular formula is C10H22N2O. The average molecular weight is 186 g/mol. The first-order valence-corrected chi connectivity index (χ1v) is 5.40. The number of aliphatic hydroxyl groups is 1. The minimum absolute atomic E-state index is 0.355. The van der Waals surface area contributed by atoms with Crippen LogP contribution in [-0.4, -0.2) is 42.8 Å². The van der Waals surface area contributed by atoms with E-state index in [9.17, 15) is 0 Å². The molecule has 0 spiro atoms. The summed E-state index contributed by atoms with van der Waals surface area (Å²) in [6.07, 6.45) is 4.77. The molecule has 0 amide bonds. The van der Waals surface area contributed by atoms with Crippen LogP contribution in [0.15, 0.2) is 0 Å². The van der Waals surface area contributed by atoms with Crippen LogP contribution < -0.4 is 5.73 Å². The maximum atomic E-state index is 9.03. The number of nitrogens with two attached hydrogens (primary N) is 1. The number of piperidine rings is 1. The zero-order chi connectivity index (χ0) is 9.52. The summed E-state index contributed by atoms with van der Waals surface area (Å²) < 4.78 is 0. The van der Waals surface area contributed by atoms with Crippen LogP contribution in [-0.2, 0) is 0 Å². The fraction of sp³-hybridized carbons (Fsp3) is 1.00. The molecule has 1 heterocycles. The molecule has 1 unspecified atom stereocenters. The average Bonchev–Trinajstić information content (AvgIpc) is 2.19. The molecule has 0 radical (unpaired) electrons. The number of rotatable bonds is 5. The van der Waals surface area contributed by atoms with Crippen LogP contribution in [0, 0.1) is 5.92 Å². The lowest BCUT2D eigenvalue weighted by Gasteiger charge is -2.31. The van der Waals surface area contributed by atoms with Crippen LogP contribution in [0.5, 0.6) is 0 Å². The van der Waals surface area contributed by atoms with Gasteiger partial charge in [-0.05, 0) is 51.2 Å². The fourth-order valence-electron chi connectivity index (χ4n) is 1.98. The molecule has 1 saturated heterocycles. The number of nitrogens with zero attached hydrogens (tertiary/aromatic N) is 1. The Hall–Kier alpha value is -0.120. The highest BCUT2D eigenvalue weighted by Crippen LogP contribution is 2.15. The summed E-state index contributed by atoms with van der Waals surface area (Å²) >= 11 is 0. The minimum atomic E-state index is 0.355. The van der Waals surface area contributed by atoms with Gasteiger partial charge in [-0.25, -0.2) is 0 Å². The van der Waals surface area contributed by atoms with Crippen molar-refractivity contribution in [3.05, 3.63) is 0 Å². The van der Waals surface area contributed by atoms with E-state index in [1.165, 1.54) is 25.8 Å². The second kappa shape index (κ2) is 6.35. The molecule has 3 nitrogen and oxygen atoms in total. The summed E-state index contributed by atoms with van der Waals surface area (Å²) in [6, 6.07) is 0. The molecule has 1 aliphatic rings. The Morgan fingerprint density at radius 3 is 2.92 bits per heavy atom. The summed E-state index contributed by atoms with van der Waals surface area (Å²) in [5, 5.41) is 9.03. The van der Waals surface area contributed by atoms with E-state index in [4.69, 9.17) is 10.8 Å². The number of unbranched alkanes of at least 4 members (excludes halogenated alkanes) is 1. The second-order valence-electron chi connectivity index (χ2n) is 3.99. The van der Waals surface area contributed by atoms with Crippen molar-refractivity contribution in [1.82, 2.24) is 4.90 Å². The molecule has 0 bridgehead atoms. The Labute approximate surface area is 80.9 Å². The van der Waals surface area contributed by atoms with Crippen molar-refractivity contribution in [1.29, 1.82) is 0 Å². The molecule has 3 heteroatoms. The Bertz CT molecular complexity index is 130. The monoisotopic (exact) mass is 186 g/mol. The molecule has 1 rings (SSSR count). The van der Waals surface area contributed by atoms with Gasteiger partial charge in [0, 0.05) is 13.2 Å². The molecule has 1 atom stereocenters.